The fourth-order valence-corrected chi connectivity index (χ4v) is 4.31. The van der Waals surface area contributed by atoms with E-state index in [2.05, 4.69) is 0 Å². The van der Waals surface area contributed by atoms with Gasteiger partial charge in [-0.2, -0.15) is 0 Å². The van der Waals surface area contributed by atoms with Crippen LogP contribution in [-0.2, 0) is 9.84 Å². The molecule has 1 saturated carbocycles. The first kappa shape index (κ1) is 12.5. The molecule has 17 heavy (non-hydrogen) atoms. The van der Waals surface area contributed by atoms with Crippen molar-refractivity contribution < 1.29 is 13.5 Å². The van der Waals surface area contributed by atoms with Crippen LogP contribution in [0.1, 0.15) is 12.0 Å². The van der Waals surface area contributed by atoms with Crippen molar-refractivity contribution in [2.45, 2.75) is 23.5 Å². The molecule has 1 aromatic carbocycles. The zero-order chi connectivity index (χ0) is 12.7. The smallest absolute Gasteiger partial charge is 0.181 e. The molecule has 2 atom stereocenters. The van der Waals surface area contributed by atoms with E-state index in [1.165, 1.54) is 0 Å². The van der Waals surface area contributed by atoms with Gasteiger partial charge < -0.3 is 10.8 Å². The van der Waals surface area contributed by atoms with Crippen molar-refractivity contribution in [2.75, 3.05) is 13.2 Å². The minimum absolute atomic E-state index is 0.167. The SMILES string of the molecule is Cc1ccc(S(=O)(=O)[C@@H]2C[C@@]2(CN)CO)cc1. The van der Waals surface area contributed by atoms with Gasteiger partial charge in [-0.1, -0.05) is 17.7 Å². The van der Waals surface area contributed by atoms with Crippen LogP contribution in [0.2, 0.25) is 0 Å². The van der Waals surface area contributed by atoms with E-state index < -0.39 is 20.5 Å². The highest BCUT2D eigenvalue weighted by atomic mass is 32.2. The lowest BCUT2D eigenvalue weighted by Gasteiger charge is -2.11. The standard InChI is InChI=1S/C12H17NO3S/c1-9-2-4-10(5-3-9)17(15,16)11-6-12(11,7-13)8-14/h2-5,11,14H,6-8,13H2,1H3/t11-,12-/m1/s1. The molecule has 0 bridgehead atoms. The fraction of sp³-hybridized carbons (Fsp3) is 0.500. The van der Waals surface area contributed by atoms with Gasteiger partial charge in [0.25, 0.3) is 0 Å². The molecule has 1 fully saturated rings. The maximum Gasteiger partial charge on any atom is 0.181 e. The quantitative estimate of drug-likeness (QED) is 0.820. The van der Waals surface area contributed by atoms with Gasteiger partial charge >= 0.3 is 0 Å². The summed E-state index contributed by atoms with van der Waals surface area (Å²) in [4.78, 5) is 0.317. The maximum absolute atomic E-state index is 12.3. The van der Waals surface area contributed by atoms with Gasteiger partial charge in [0.2, 0.25) is 0 Å². The summed E-state index contributed by atoms with van der Waals surface area (Å²) in [5.41, 5.74) is 5.94. The summed E-state index contributed by atoms with van der Waals surface area (Å²) < 4.78 is 24.5. The molecule has 3 N–H and O–H groups in total. The van der Waals surface area contributed by atoms with Crippen molar-refractivity contribution in [1.29, 1.82) is 0 Å². The topological polar surface area (TPSA) is 80.4 Å². The summed E-state index contributed by atoms with van der Waals surface area (Å²) in [6.45, 7) is 1.95. The van der Waals surface area contributed by atoms with E-state index in [9.17, 15) is 13.5 Å². The number of aliphatic hydroxyl groups is 1. The third kappa shape index (κ3) is 1.99. The highest BCUT2D eigenvalue weighted by Gasteiger charge is 2.60. The largest absolute Gasteiger partial charge is 0.396 e. The van der Waals surface area contributed by atoms with Crippen LogP contribution in [0.3, 0.4) is 0 Å². The Bertz CT molecular complexity index is 503. The van der Waals surface area contributed by atoms with Crippen LogP contribution in [0.25, 0.3) is 0 Å². The van der Waals surface area contributed by atoms with Crippen LogP contribution in [0, 0.1) is 12.3 Å². The Kier molecular flexibility index (Phi) is 3.01. The van der Waals surface area contributed by atoms with Crippen molar-refractivity contribution >= 4 is 9.84 Å². The number of aryl methyl sites for hydroxylation is 1. The second kappa shape index (κ2) is 4.08. The average Bonchev–Trinajstić information content (AvgIpc) is 3.06. The molecule has 5 heteroatoms. The van der Waals surface area contributed by atoms with Crippen LogP contribution in [0.15, 0.2) is 29.2 Å². The first-order valence-electron chi connectivity index (χ1n) is 5.58. The minimum atomic E-state index is -3.35. The van der Waals surface area contributed by atoms with Crippen LogP contribution in [-0.4, -0.2) is 31.9 Å². The molecule has 2 rings (SSSR count). The van der Waals surface area contributed by atoms with Crippen LogP contribution >= 0.6 is 0 Å². The number of hydrogen-bond acceptors (Lipinski definition) is 4. The predicted octanol–water partition coefficient (Wildman–Crippen LogP) is 0.478. The summed E-state index contributed by atoms with van der Waals surface area (Å²) >= 11 is 0. The Labute approximate surface area is 101 Å². The second-order valence-electron chi connectivity index (χ2n) is 4.78. The Balaban J connectivity index is 2.30. The van der Waals surface area contributed by atoms with Crippen molar-refractivity contribution in [3.63, 3.8) is 0 Å². The number of benzene rings is 1. The average molecular weight is 255 g/mol. The second-order valence-corrected chi connectivity index (χ2v) is 6.91. The van der Waals surface area contributed by atoms with Gasteiger partial charge in [-0.25, -0.2) is 8.42 Å². The third-order valence-electron chi connectivity index (χ3n) is 3.56. The minimum Gasteiger partial charge on any atom is -0.396 e. The van der Waals surface area contributed by atoms with Crippen LogP contribution in [0.5, 0.6) is 0 Å². The Morgan fingerprint density at radius 2 is 2.00 bits per heavy atom. The fourth-order valence-electron chi connectivity index (χ4n) is 2.09. The van der Waals surface area contributed by atoms with Gasteiger partial charge in [-0.15, -0.1) is 0 Å². The molecule has 94 valence electrons. The van der Waals surface area contributed by atoms with Crippen molar-refractivity contribution in [2.24, 2.45) is 11.1 Å². The summed E-state index contributed by atoms with van der Waals surface area (Å²) in [5.74, 6) is 0. The number of rotatable bonds is 4. The van der Waals surface area contributed by atoms with E-state index in [-0.39, 0.29) is 13.2 Å². The molecule has 0 radical (unpaired) electrons. The van der Waals surface area contributed by atoms with E-state index >= 15 is 0 Å². The molecular weight excluding hydrogens is 238 g/mol. The lowest BCUT2D eigenvalue weighted by atomic mass is 10.1. The van der Waals surface area contributed by atoms with Crippen molar-refractivity contribution in [1.82, 2.24) is 0 Å². The van der Waals surface area contributed by atoms with Crippen molar-refractivity contribution in [3.8, 4) is 0 Å². The normalized spacial score (nSPS) is 28.1. The number of nitrogens with two attached hydrogens (primary N) is 1. The first-order chi connectivity index (χ1) is 7.96. The molecule has 0 aliphatic heterocycles. The molecular formula is C12H17NO3S. The van der Waals surface area contributed by atoms with E-state index in [0.717, 1.165) is 5.56 Å². The Hall–Kier alpha value is -0.910. The zero-order valence-corrected chi connectivity index (χ0v) is 10.6. The molecule has 0 amide bonds. The molecule has 0 unspecified atom stereocenters. The Morgan fingerprint density at radius 3 is 2.41 bits per heavy atom. The maximum atomic E-state index is 12.3. The van der Waals surface area contributed by atoms with E-state index in [1.54, 1.807) is 24.3 Å². The number of sulfone groups is 1. The van der Waals surface area contributed by atoms with Gasteiger partial charge in [-0.3, -0.25) is 0 Å². The van der Waals surface area contributed by atoms with E-state index in [4.69, 9.17) is 5.73 Å². The molecule has 0 spiro atoms. The van der Waals surface area contributed by atoms with Gasteiger partial charge in [0, 0.05) is 12.0 Å². The van der Waals surface area contributed by atoms with E-state index in [0.29, 0.717) is 11.3 Å². The summed E-state index contributed by atoms with van der Waals surface area (Å²) in [6.07, 6.45) is 0.455. The van der Waals surface area contributed by atoms with Gasteiger partial charge in [0.15, 0.2) is 9.84 Å². The molecule has 0 saturated heterocycles. The highest BCUT2D eigenvalue weighted by molar-refractivity contribution is 7.92. The first-order valence-corrected chi connectivity index (χ1v) is 7.12. The van der Waals surface area contributed by atoms with E-state index in [1.807, 2.05) is 6.92 Å². The molecule has 0 aromatic heterocycles. The van der Waals surface area contributed by atoms with Gasteiger partial charge in [0.05, 0.1) is 16.8 Å². The van der Waals surface area contributed by atoms with Crippen LogP contribution < -0.4 is 5.73 Å². The highest BCUT2D eigenvalue weighted by Crippen LogP contribution is 2.51. The number of aliphatic hydroxyl groups excluding tert-OH is 1. The molecule has 1 aliphatic rings. The molecule has 0 heterocycles. The van der Waals surface area contributed by atoms with Gasteiger partial charge in [0.1, 0.15) is 0 Å². The monoisotopic (exact) mass is 255 g/mol. The predicted molar refractivity (Wildman–Crippen MR) is 65.3 cm³/mol. The van der Waals surface area contributed by atoms with Gasteiger partial charge in [-0.05, 0) is 25.5 Å². The molecule has 4 nitrogen and oxygen atoms in total. The molecule has 1 aromatic rings. The summed E-state index contributed by atoms with van der Waals surface area (Å²) in [5, 5.41) is 8.70. The summed E-state index contributed by atoms with van der Waals surface area (Å²) in [7, 11) is -3.35. The van der Waals surface area contributed by atoms with Crippen LogP contribution in [0.4, 0.5) is 0 Å². The summed E-state index contributed by atoms with van der Waals surface area (Å²) in [6, 6.07) is 6.78. The lowest BCUT2D eigenvalue weighted by molar-refractivity contribution is 0.217. The van der Waals surface area contributed by atoms with Crippen molar-refractivity contribution in [3.05, 3.63) is 29.8 Å². The third-order valence-corrected chi connectivity index (χ3v) is 5.91. The molecule has 1 aliphatic carbocycles. The lowest BCUT2D eigenvalue weighted by Crippen LogP contribution is -2.27. The Morgan fingerprint density at radius 1 is 1.41 bits per heavy atom. The zero-order valence-electron chi connectivity index (χ0n) is 9.76. The number of hydrogen-bond donors (Lipinski definition) is 2.